The minimum absolute atomic E-state index is 0.122. The van der Waals surface area contributed by atoms with Gasteiger partial charge in [-0.3, -0.25) is 0 Å². The highest BCUT2D eigenvalue weighted by Crippen LogP contribution is 2.34. The van der Waals surface area contributed by atoms with E-state index in [9.17, 15) is 4.39 Å². The molecule has 1 aliphatic carbocycles. The van der Waals surface area contributed by atoms with E-state index in [2.05, 4.69) is 42.2 Å². The minimum atomic E-state index is 0.122. The number of hydrogen-bond acceptors (Lipinski definition) is 1. The summed E-state index contributed by atoms with van der Waals surface area (Å²) in [5, 5.41) is 0. The first-order valence-corrected chi connectivity index (χ1v) is 6.62. The van der Waals surface area contributed by atoms with Gasteiger partial charge in [0.2, 0.25) is 0 Å². The number of nitrogens with zero attached hydrogens (tertiary/aromatic N) is 1. The molecule has 2 heteroatoms. The van der Waals surface area contributed by atoms with Crippen molar-refractivity contribution in [2.24, 2.45) is 0 Å². The average molecular weight is 243 g/mol. The van der Waals surface area contributed by atoms with Crippen molar-refractivity contribution in [3.8, 4) is 0 Å². The van der Waals surface area contributed by atoms with E-state index < -0.39 is 0 Å². The van der Waals surface area contributed by atoms with Crippen LogP contribution in [0.3, 0.4) is 0 Å². The second-order valence-corrected chi connectivity index (χ2v) is 5.16. The lowest BCUT2D eigenvalue weighted by molar-refractivity contribution is 0.556. The number of anilines is 1. The average Bonchev–Trinajstić information content (AvgIpc) is 2.39. The maximum absolute atomic E-state index is 13.7. The molecule has 1 saturated heterocycles. The second-order valence-electron chi connectivity index (χ2n) is 5.16. The maximum atomic E-state index is 13.7. The van der Waals surface area contributed by atoms with Gasteiger partial charge in [-0.15, -0.1) is 0 Å². The molecule has 94 valence electrons. The van der Waals surface area contributed by atoms with Crippen LogP contribution >= 0.6 is 0 Å². The summed E-state index contributed by atoms with van der Waals surface area (Å²) in [5.41, 5.74) is 4.70. The molecule has 1 aromatic carbocycles. The van der Waals surface area contributed by atoms with Gasteiger partial charge in [0, 0.05) is 25.2 Å². The molecule has 0 bridgehead atoms. The molecule has 1 aromatic rings. The van der Waals surface area contributed by atoms with Gasteiger partial charge in [0.15, 0.2) is 0 Å². The predicted octanol–water partition coefficient (Wildman–Crippen LogP) is 4.15. The van der Waals surface area contributed by atoms with Crippen LogP contribution in [-0.2, 0) is 0 Å². The van der Waals surface area contributed by atoms with Crippen LogP contribution in [0.2, 0.25) is 0 Å². The van der Waals surface area contributed by atoms with Crippen molar-refractivity contribution in [1.29, 1.82) is 0 Å². The first kappa shape index (κ1) is 11.5. The Kier molecular flexibility index (Phi) is 2.94. The van der Waals surface area contributed by atoms with Crippen molar-refractivity contribution in [3.05, 3.63) is 52.9 Å². The van der Waals surface area contributed by atoms with E-state index in [1.54, 1.807) is 0 Å². The van der Waals surface area contributed by atoms with E-state index in [0.29, 0.717) is 6.42 Å². The highest BCUT2D eigenvalue weighted by molar-refractivity contribution is 5.54. The summed E-state index contributed by atoms with van der Waals surface area (Å²) in [4.78, 5) is 2.35. The van der Waals surface area contributed by atoms with E-state index >= 15 is 0 Å². The van der Waals surface area contributed by atoms with E-state index in [1.165, 1.54) is 16.8 Å². The molecule has 0 aromatic heterocycles. The summed E-state index contributed by atoms with van der Waals surface area (Å²) in [6.07, 6.45) is 4.50. The third-order valence-electron chi connectivity index (χ3n) is 3.83. The summed E-state index contributed by atoms with van der Waals surface area (Å²) >= 11 is 0. The first-order valence-electron chi connectivity index (χ1n) is 6.62. The monoisotopic (exact) mass is 243 g/mol. The zero-order chi connectivity index (χ0) is 12.5. The zero-order valence-electron chi connectivity index (χ0n) is 10.7. The van der Waals surface area contributed by atoms with Crippen LogP contribution in [0.5, 0.6) is 0 Å². The molecule has 2 aliphatic rings. The molecule has 1 aliphatic heterocycles. The Bertz CT molecular complexity index is 528. The molecular weight excluding hydrogens is 225 g/mol. The Morgan fingerprint density at radius 1 is 1.22 bits per heavy atom. The molecule has 0 radical (unpaired) electrons. The number of benzene rings is 1. The lowest BCUT2D eigenvalue weighted by Gasteiger charge is -2.34. The number of halogens is 1. The van der Waals surface area contributed by atoms with Crippen LogP contribution in [0.4, 0.5) is 10.1 Å². The summed E-state index contributed by atoms with van der Waals surface area (Å²) in [6.45, 7) is 3.88. The van der Waals surface area contributed by atoms with Crippen molar-refractivity contribution >= 4 is 5.69 Å². The molecule has 0 N–H and O–H groups in total. The number of aryl methyl sites for hydroxylation is 1. The lowest BCUT2D eigenvalue weighted by atomic mass is 9.90. The van der Waals surface area contributed by atoms with Gasteiger partial charge in [0.1, 0.15) is 5.83 Å². The summed E-state index contributed by atoms with van der Waals surface area (Å²) in [5.74, 6) is 0.122. The van der Waals surface area contributed by atoms with Crippen LogP contribution in [0.1, 0.15) is 24.8 Å². The third kappa shape index (κ3) is 2.07. The SMILES string of the molecule is Cc1cccc(N2CCC3=C(F)CCC=C3C2)c1. The summed E-state index contributed by atoms with van der Waals surface area (Å²) in [7, 11) is 0. The normalized spacial score (nSPS) is 19.7. The van der Waals surface area contributed by atoms with Crippen LogP contribution in [0.15, 0.2) is 47.3 Å². The lowest BCUT2D eigenvalue weighted by Crippen LogP contribution is -2.33. The van der Waals surface area contributed by atoms with Gasteiger partial charge < -0.3 is 4.90 Å². The van der Waals surface area contributed by atoms with Crippen molar-refractivity contribution in [1.82, 2.24) is 0 Å². The Balaban J connectivity index is 1.85. The molecule has 0 saturated carbocycles. The number of hydrogen-bond donors (Lipinski definition) is 0. The Morgan fingerprint density at radius 3 is 2.94 bits per heavy atom. The van der Waals surface area contributed by atoms with Crippen LogP contribution in [0.25, 0.3) is 0 Å². The number of rotatable bonds is 1. The van der Waals surface area contributed by atoms with E-state index in [4.69, 9.17) is 0 Å². The zero-order valence-corrected chi connectivity index (χ0v) is 10.7. The Morgan fingerprint density at radius 2 is 2.11 bits per heavy atom. The van der Waals surface area contributed by atoms with Crippen LogP contribution in [-0.4, -0.2) is 13.1 Å². The molecular formula is C16H18FN. The van der Waals surface area contributed by atoms with Gasteiger partial charge in [-0.1, -0.05) is 18.2 Å². The van der Waals surface area contributed by atoms with Gasteiger partial charge in [-0.25, -0.2) is 4.39 Å². The molecule has 1 fully saturated rings. The fourth-order valence-corrected chi connectivity index (χ4v) is 2.85. The smallest absolute Gasteiger partial charge is 0.104 e. The van der Waals surface area contributed by atoms with Crippen molar-refractivity contribution in [2.45, 2.75) is 26.2 Å². The first-order chi connectivity index (χ1) is 8.74. The van der Waals surface area contributed by atoms with Crippen molar-refractivity contribution < 1.29 is 4.39 Å². The van der Waals surface area contributed by atoms with Gasteiger partial charge in [-0.2, -0.15) is 0 Å². The predicted molar refractivity (Wildman–Crippen MR) is 73.5 cm³/mol. The highest BCUT2D eigenvalue weighted by atomic mass is 19.1. The molecule has 0 atom stereocenters. The molecule has 1 nitrogen and oxygen atoms in total. The second kappa shape index (κ2) is 4.60. The number of allylic oxidation sites excluding steroid dienone is 2. The topological polar surface area (TPSA) is 3.24 Å². The third-order valence-corrected chi connectivity index (χ3v) is 3.83. The standard InChI is InChI=1S/C16H18FN/c1-12-4-2-6-14(10-12)18-9-8-15-13(11-18)5-3-7-16(15)17/h2,4-6,10H,3,7-9,11H2,1H3. The molecule has 18 heavy (non-hydrogen) atoms. The molecule has 0 unspecified atom stereocenters. The highest BCUT2D eigenvalue weighted by Gasteiger charge is 2.23. The van der Waals surface area contributed by atoms with Gasteiger partial charge >= 0.3 is 0 Å². The van der Waals surface area contributed by atoms with Gasteiger partial charge in [0.05, 0.1) is 0 Å². The van der Waals surface area contributed by atoms with Crippen molar-refractivity contribution in [3.63, 3.8) is 0 Å². The summed E-state index contributed by atoms with van der Waals surface area (Å²) in [6, 6.07) is 8.54. The van der Waals surface area contributed by atoms with E-state index in [-0.39, 0.29) is 5.83 Å². The molecule has 3 rings (SSSR count). The fraction of sp³-hybridized carbons (Fsp3) is 0.375. The molecule has 1 heterocycles. The molecule has 0 amide bonds. The molecule has 0 spiro atoms. The van der Waals surface area contributed by atoms with Gasteiger partial charge in [-0.05, 0) is 48.6 Å². The largest absolute Gasteiger partial charge is 0.367 e. The van der Waals surface area contributed by atoms with Crippen LogP contribution < -0.4 is 4.90 Å². The number of fused-ring (bicyclic) bond motifs is 1. The number of piperidine rings is 1. The fourth-order valence-electron chi connectivity index (χ4n) is 2.85. The quantitative estimate of drug-likeness (QED) is 0.716. The minimum Gasteiger partial charge on any atom is -0.367 e. The Hall–Kier alpha value is -1.57. The van der Waals surface area contributed by atoms with E-state index in [0.717, 1.165) is 31.5 Å². The van der Waals surface area contributed by atoms with Gasteiger partial charge in [0.25, 0.3) is 0 Å². The van der Waals surface area contributed by atoms with E-state index in [1.807, 2.05) is 0 Å². The van der Waals surface area contributed by atoms with Crippen LogP contribution in [0, 0.1) is 6.92 Å². The van der Waals surface area contributed by atoms with Crippen molar-refractivity contribution in [2.75, 3.05) is 18.0 Å². The maximum Gasteiger partial charge on any atom is 0.104 e. The Labute approximate surface area is 108 Å². The summed E-state index contributed by atoms with van der Waals surface area (Å²) < 4.78 is 13.7.